The van der Waals surface area contributed by atoms with Crippen molar-refractivity contribution in [3.8, 4) is 0 Å². The Morgan fingerprint density at radius 3 is 0.926 bits per heavy atom. The molecule has 0 saturated heterocycles. The Bertz CT molecular complexity index is 942. The van der Waals surface area contributed by atoms with Crippen molar-refractivity contribution in [2.24, 2.45) is 0 Å². The summed E-state index contributed by atoms with van der Waals surface area (Å²) in [5, 5.41) is 0. The molecule has 0 saturated carbocycles. The Morgan fingerprint density at radius 2 is 0.630 bits per heavy atom. The fourth-order valence-electron chi connectivity index (χ4n) is 5.62. The highest BCUT2D eigenvalue weighted by Crippen LogP contribution is 2.51. The molecule has 0 fully saturated rings. The number of allylic oxidation sites excluding steroid dienone is 2. The van der Waals surface area contributed by atoms with E-state index in [1.807, 2.05) is 0 Å². The zero-order valence-electron chi connectivity index (χ0n) is 19.5. The highest BCUT2D eigenvalue weighted by molar-refractivity contribution is 5.96. The number of hydrogen-bond acceptors (Lipinski definition) is 0. The van der Waals surface area contributed by atoms with E-state index >= 15 is 0 Å². The Kier molecular flexibility index (Phi) is 4.50. The summed E-state index contributed by atoms with van der Waals surface area (Å²) < 4.78 is 0. The van der Waals surface area contributed by atoms with Gasteiger partial charge in [0.1, 0.15) is 0 Å². The third-order valence-corrected chi connectivity index (χ3v) is 7.94. The van der Waals surface area contributed by atoms with Crippen molar-refractivity contribution in [2.45, 2.75) is 88.5 Å². The summed E-state index contributed by atoms with van der Waals surface area (Å²) in [7, 11) is 0. The van der Waals surface area contributed by atoms with E-state index in [1.165, 1.54) is 77.9 Å². The van der Waals surface area contributed by atoms with Gasteiger partial charge in [-0.2, -0.15) is 0 Å². The summed E-state index contributed by atoms with van der Waals surface area (Å²) in [6.07, 6.45) is 0. The van der Waals surface area contributed by atoms with Gasteiger partial charge in [-0.25, -0.2) is 0 Å². The molecule has 0 nitrogen and oxygen atoms in total. The minimum absolute atomic E-state index is 0.0235. The van der Waals surface area contributed by atoms with Crippen molar-refractivity contribution in [1.29, 1.82) is 0 Å². The predicted octanol–water partition coefficient (Wildman–Crippen LogP) is 7.74. The van der Waals surface area contributed by atoms with Crippen LogP contribution in [-0.4, -0.2) is 0 Å². The van der Waals surface area contributed by atoms with Gasteiger partial charge in [-0.3, -0.25) is 0 Å². The van der Waals surface area contributed by atoms with Crippen LogP contribution < -0.4 is 0 Å². The van der Waals surface area contributed by atoms with Crippen LogP contribution in [0, 0.1) is 55.4 Å². The van der Waals surface area contributed by atoms with Gasteiger partial charge in [0.05, 0.1) is 0 Å². The lowest BCUT2D eigenvalue weighted by Crippen LogP contribution is -2.26. The molecule has 0 bridgehead atoms. The molecule has 0 amide bonds. The quantitative estimate of drug-likeness (QED) is 0.450. The zero-order chi connectivity index (χ0) is 20.6. The molecule has 0 heterocycles. The second-order valence-corrected chi connectivity index (χ2v) is 9.38. The lowest BCUT2D eigenvalue weighted by Gasteiger charge is -2.35. The van der Waals surface area contributed by atoms with Crippen LogP contribution in [-0.2, 0) is 5.41 Å². The van der Waals surface area contributed by atoms with E-state index in [9.17, 15) is 0 Å². The maximum atomic E-state index is 2.44. The van der Waals surface area contributed by atoms with Gasteiger partial charge in [-0.15, -0.1) is 0 Å². The molecule has 144 valence electrons. The predicted molar refractivity (Wildman–Crippen MR) is 121 cm³/mol. The molecule has 0 spiro atoms. The molecule has 2 aromatic rings. The van der Waals surface area contributed by atoms with Gasteiger partial charge >= 0.3 is 0 Å². The van der Waals surface area contributed by atoms with Crippen LogP contribution in [0.5, 0.6) is 0 Å². The van der Waals surface area contributed by atoms with Gasteiger partial charge in [-0.1, -0.05) is 13.8 Å². The fraction of sp³-hybridized carbons (Fsp3) is 0.481. The molecule has 0 atom stereocenters. The summed E-state index contributed by atoms with van der Waals surface area (Å²) in [6.45, 7) is 28.0. The molecule has 27 heavy (non-hydrogen) atoms. The van der Waals surface area contributed by atoms with Crippen molar-refractivity contribution in [3.05, 3.63) is 66.8 Å². The SMILES string of the molecule is CC1=C(C)c2c(C)c(C)c(C)c(C)c2C(C)(C)c2c(C)c(C)c(C)c(C)c21. The van der Waals surface area contributed by atoms with E-state index in [4.69, 9.17) is 0 Å². The summed E-state index contributed by atoms with van der Waals surface area (Å²) in [4.78, 5) is 0. The highest BCUT2D eigenvalue weighted by Gasteiger charge is 2.37. The van der Waals surface area contributed by atoms with Gasteiger partial charge in [0.15, 0.2) is 0 Å². The van der Waals surface area contributed by atoms with Crippen LogP contribution in [0.4, 0.5) is 0 Å². The van der Waals surface area contributed by atoms with Crippen LogP contribution >= 0.6 is 0 Å². The Balaban J connectivity index is 2.69. The molecule has 1 aliphatic carbocycles. The summed E-state index contributed by atoms with van der Waals surface area (Å²) in [5.74, 6) is 0. The molecule has 0 unspecified atom stereocenters. The number of rotatable bonds is 0. The molecule has 3 rings (SSSR count). The third-order valence-electron chi connectivity index (χ3n) is 7.94. The molecule has 0 aliphatic heterocycles. The van der Waals surface area contributed by atoms with E-state index < -0.39 is 0 Å². The van der Waals surface area contributed by atoms with Crippen LogP contribution in [0.3, 0.4) is 0 Å². The lowest BCUT2D eigenvalue weighted by molar-refractivity contribution is 0.625. The molecule has 2 aromatic carbocycles. The highest BCUT2D eigenvalue weighted by atomic mass is 14.4. The second kappa shape index (κ2) is 6.09. The normalized spacial score (nSPS) is 15.6. The van der Waals surface area contributed by atoms with Crippen molar-refractivity contribution < 1.29 is 0 Å². The third kappa shape index (κ3) is 2.42. The summed E-state index contributed by atoms with van der Waals surface area (Å²) >= 11 is 0. The van der Waals surface area contributed by atoms with Crippen LogP contribution in [0.15, 0.2) is 0 Å². The Morgan fingerprint density at radius 1 is 0.370 bits per heavy atom. The fourth-order valence-corrected chi connectivity index (χ4v) is 5.62. The van der Waals surface area contributed by atoms with E-state index in [2.05, 4.69) is 83.1 Å². The minimum Gasteiger partial charge on any atom is -0.0516 e. The first kappa shape index (κ1) is 19.9. The first-order valence-corrected chi connectivity index (χ1v) is 10.2. The standard InChI is InChI=1S/C27H36/c1-13-15(3)21(9)25-23(17(13)5)19(7)20(8)24-18(6)14(2)16(4)22(10)26(24)27(25,11)12/h1-12H3. The number of fused-ring (bicyclic) bond motifs is 2. The molecule has 1 aliphatic rings. The second-order valence-electron chi connectivity index (χ2n) is 9.38. The van der Waals surface area contributed by atoms with Crippen LogP contribution in [0.2, 0.25) is 0 Å². The topological polar surface area (TPSA) is 0 Å². The van der Waals surface area contributed by atoms with E-state index in [0.29, 0.717) is 0 Å². The van der Waals surface area contributed by atoms with Crippen molar-refractivity contribution in [1.82, 2.24) is 0 Å². The minimum atomic E-state index is -0.0235. The largest absolute Gasteiger partial charge is 0.0516 e. The van der Waals surface area contributed by atoms with Gasteiger partial charge in [0.25, 0.3) is 0 Å². The maximum Gasteiger partial charge on any atom is 0.0164 e. The van der Waals surface area contributed by atoms with Crippen LogP contribution in [0.25, 0.3) is 11.1 Å². The first-order chi connectivity index (χ1) is 12.4. The molecule has 0 radical (unpaired) electrons. The van der Waals surface area contributed by atoms with Gasteiger partial charge in [0, 0.05) is 5.41 Å². The van der Waals surface area contributed by atoms with Crippen molar-refractivity contribution >= 4 is 11.1 Å². The smallest absolute Gasteiger partial charge is 0.0164 e. The average Bonchev–Trinajstić information content (AvgIpc) is 2.67. The van der Waals surface area contributed by atoms with E-state index in [0.717, 1.165) is 0 Å². The summed E-state index contributed by atoms with van der Waals surface area (Å²) in [6, 6.07) is 0. The lowest BCUT2D eigenvalue weighted by atomic mass is 9.68. The van der Waals surface area contributed by atoms with Gasteiger partial charge in [0.2, 0.25) is 0 Å². The summed E-state index contributed by atoms with van der Waals surface area (Å²) in [5.41, 5.74) is 20.5. The van der Waals surface area contributed by atoms with Crippen LogP contribution in [0.1, 0.15) is 94.5 Å². The molecular formula is C27H36. The molecule has 0 heteroatoms. The van der Waals surface area contributed by atoms with Gasteiger partial charge in [-0.05, 0) is 147 Å². The molecule has 0 N–H and O–H groups in total. The average molecular weight is 361 g/mol. The monoisotopic (exact) mass is 360 g/mol. The van der Waals surface area contributed by atoms with Crippen molar-refractivity contribution in [2.75, 3.05) is 0 Å². The molecule has 0 aromatic heterocycles. The molecular weight excluding hydrogens is 324 g/mol. The zero-order valence-corrected chi connectivity index (χ0v) is 19.5. The number of hydrogen-bond donors (Lipinski definition) is 0. The maximum absolute atomic E-state index is 2.44. The number of benzene rings is 2. The van der Waals surface area contributed by atoms with E-state index in [1.54, 1.807) is 0 Å². The Hall–Kier alpha value is -1.82. The van der Waals surface area contributed by atoms with Gasteiger partial charge < -0.3 is 0 Å². The van der Waals surface area contributed by atoms with E-state index in [-0.39, 0.29) is 5.41 Å². The Labute approximate surface area is 166 Å². The first-order valence-electron chi connectivity index (χ1n) is 10.2. The van der Waals surface area contributed by atoms with Crippen molar-refractivity contribution in [3.63, 3.8) is 0 Å².